The van der Waals surface area contributed by atoms with Crippen LogP contribution in [0, 0.1) is 0 Å². The van der Waals surface area contributed by atoms with Crippen molar-refractivity contribution in [2.45, 2.75) is 5.88 Å². The van der Waals surface area contributed by atoms with E-state index in [2.05, 4.69) is 0 Å². The molecule has 0 unspecified atom stereocenters. The van der Waals surface area contributed by atoms with Crippen LogP contribution < -0.4 is 0 Å². The lowest BCUT2D eigenvalue weighted by Gasteiger charge is -2.00. The molecule has 0 aromatic heterocycles. The van der Waals surface area contributed by atoms with Crippen LogP contribution in [0.25, 0.3) is 0 Å². The maximum Gasteiger partial charge on any atom is 0.123 e. The van der Waals surface area contributed by atoms with Crippen molar-refractivity contribution in [1.82, 2.24) is 0 Å². The Balaban J connectivity index is 3.17. The van der Waals surface area contributed by atoms with Gasteiger partial charge in [-0.05, 0) is 12.1 Å². The van der Waals surface area contributed by atoms with E-state index in [1.54, 1.807) is 6.07 Å². The van der Waals surface area contributed by atoms with Crippen LogP contribution in [0.1, 0.15) is 5.56 Å². The van der Waals surface area contributed by atoms with Crippen molar-refractivity contribution in [2.75, 3.05) is 0 Å². The van der Waals surface area contributed by atoms with Crippen LogP contribution in [0.5, 0.6) is 11.5 Å². The predicted molar refractivity (Wildman–Crippen MR) is 39.3 cm³/mol. The highest BCUT2D eigenvalue weighted by Gasteiger charge is 2.03. The molecule has 0 heterocycles. The largest absolute Gasteiger partial charge is 0.507 e. The summed E-state index contributed by atoms with van der Waals surface area (Å²) in [6, 6.07) is 4.52. The van der Waals surface area contributed by atoms with Gasteiger partial charge in [0.05, 0.1) is 11.4 Å². The van der Waals surface area contributed by atoms with Gasteiger partial charge in [0, 0.05) is 0 Å². The van der Waals surface area contributed by atoms with Crippen LogP contribution >= 0.6 is 11.6 Å². The first-order valence-corrected chi connectivity index (χ1v) is 3.35. The molecule has 0 radical (unpaired) electrons. The molecule has 0 saturated carbocycles. The Labute approximate surface area is 63.7 Å². The van der Waals surface area contributed by atoms with Crippen molar-refractivity contribution >= 4 is 11.6 Å². The molecule has 2 N–H and O–H groups in total. The Morgan fingerprint density at radius 2 is 1.70 bits per heavy atom. The number of benzene rings is 1. The highest BCUT2D eigenvalue weighted by atomic mass is 35.5. The normalized spacial score (nSPS) is 9.70. The third kappa shape index (κ3) is 1.16. The number of alkyl halides is 1. The molecule has 54 valence electrons. The highest BCUT2D eigenvalue weighted by molar-refractivity contribution is 6.17. The van der Waals surface area contributed by atoms with E-state index in [1.807, 2.05) is 0 Å². The zero-order chi connectivity index (χ0) is 7.56. The summed E-state index contributed by atoms with van der Waals surface area (Å²) in [5.41, 5.74) is 0.379. The van der Waals surface area contributed by atoms with Crippen LogP contribution in [0.15, 0.2) is 18.2 Å². The molecule has 0 saturated heterocycles. The zero-order valence-corrected chi connectivity index (χ0v) is 5.97. The summed E-state index contributed by atoms with van der Waals surface area (Å²) in [5.74, 6) is 0.198. The van der Waals surface area contributed by atoms with Crippen molar-refractivity contribution in [3.8, 4) is 11.5 Å². The van der Waals surface area contributed by atoms with Crippen molar-refractivity contribution in [2.24, 2.45) is 0 Å². The van der Waals surface area contributed by atoms with E-state index in [0.29, 0.717) is 5.56 Å². The van der Waals surface area contributed by atoms with Gasteiger partial charge in [-0.15, -0.1) is 11.6 Å². The second-order valence-electron chi connectivity index (χ2n) is 1.91. The third-order valence-electron chi connectivity index (χ3n) is 1.26. The van der Waals surface area contributed by atoms with Gasteiger partial charge < -0.3 is 10.2 Å². The molecule has 0 fully saturated rings. The van der Waals surface area contributed by atoms with E-state index in [1.165, 1.54) is 12.1 Å². The fourth-order valence-electron chi connectivity index (χ4n) is 0.700. The Kier molecular flexibility index (Phi) is 2.02. The third-order valence-corrected chi connectivity index (χ3v) is 1.53. The molecule has 0 atom stereocenters. The predicted octanol–water partition coefficient (Wildman–Crippen LogP) is 1.84. The quantitative estimate of drug-likeness (QED) is 0.613. The first-order valence-electron chi connectivity index (χ1n) is 2.81. The molecule has 0 bridgehead atoms. The Morgan fingerprint density at radius 1 is 1.20 bits per heavy atom. The second-order valence-corrected chi connectivity index (χ2v) is 2.18. The van der Waals surface area contributed by atoms with Crippen LogP contribution in [0.2, 0.25) is 0 Å². The number of halogens is 1. The standard InChI is InChI=1S/C7H7ClO2/c8-4-5-6(9)2-1-3-7(5)10/h1-3,9-10H,4H2. The first kappa shape index (κ1) is 7.22. The van der Waals surface area contributed by atoms with Crippen molar-refractivity contribution in [1.29, 1.82) is 0 Å². The summed E-state index contributed by atoms with van der Waals surface area (Å²) in [6.45, 7) is 0. The van der Waals surface area contributed by atoms with Crippen LogP contribution in [0.3, 0.4) is 0 Å². The number of hydrogen-bond donors (Lipinski definition) is 2. The Bertz CT molecular complexity index is 215. The monoisotopic (exact) mass is 158 g/mol. The summed E-state index contributed by atoms with van der Waals surface area (Å²) in [6.07, 6.45) is 0. The van der Waals surface area contributed by atoms with Gasteiger partial charge >= 0.3 is 0 Å². The van der Waals surface area contributed by atoms with Gasteiger partial charge in [-0.1, -0.05) is 6.07 Å². The summed E-state index contributed by atoms with van der Waals surface area (Å²) >= 11 is 5.42. The first-order chi connectivity index (χ1) is 4.75. The summed E-state index contributed by atoms with van der Waals surface area (Å²) < 4.78 is 0. The molecule has 0 spiro atoms. The van der Waals surface area contributed by atoms with E-state index in [9.17, 15) is 0 Å². The average molecular weight is 159 g/mol. The lowest BCUT2D eigenvalue weighted by Crippen LogP contribution is -1.79. The van der Waals surface area contributed by atoms with Crippen LogP contribution in [0.4, 0.5) is 0 Å². The summed E-state index contributed by atoms with van der Waals surface area (Å²) in [7, 11) is 0. The van der Waals surface area contributed by atoms with Crippen molar-refractivity contribution in [3.05, 3.63) is 23.8 Å². The Morgan fingerprint density at radius 3 is 2.00 bits per heavy atom. The number of hydrogen-bond acceptors (Lipinski definition) is 2. The lowest BCUT2D eigenvalue weighted by atomic mass is 10.2. The van der Waals surface area contributed by atoms with Gasteiger partial charge in [0.25, 0.3) is 0 Å². The van der Waals surface area contributed by atoms with E-state index >= 15 is 0 Å². The maximum atomic E-state index is 9.05. The number of aromatic hydroxyl groups is 2. The van der Waals surface area contributed by atoms with E-state index in [4.69, 9.17) is 21.8 Å². The summed E-state index contributed by atoms with van der Waals surface area (Å²) in [4.78, 5) is 0. The van der Waals surface area contributed by atoms with Crippen LogP contribution in [-0.4, -0.2) is 10.2 Å². The molecule has 1 aromatic carbocycles. The molecular formula is C7H7ClO2. The van der Waals surface area contributed by atoms with Gasteiger partial charge in [-0.3, -0.25) is 0 Å². The smallest absolute Gasteiger partial charge is 0.123 e. The molecule has 0 aliphatic rings. The van der Waals surface area contributed by atoms with E-state index in [0.717, 1.165) is 0 Å². The summed E-state index contributed by atoms with van der Waals surface area (Å²) in [5, 5.41) is 18.1. The number of phenolic OH excluding ortho intramolecular Hbond substituents is 2. The van der Waals surface area contributed by atoms with Gasteiger partial charge in [-0.25, -0.2) is 0 Å². The molecule has 0 amide bonds. The van der Waals surface area contributed by atoms with E-state index in [-0.39, 0.29) is 17.4 Å². The second kappa shape index (κ2) is 2.80. The fraction of sp³-hybridized carbons (Fsp3) is 0.143. The van der Waals surface area contributed by atoms with Gasteiger partial charge in [0.15, 0.2) is 0 Å². The van der Waals surface area contributed by atoms with Crippen molar-refractivity contribution in [3.63, 3.8) is 0 Å². The van der Waals surface area contributed by atoms with Crippen LogP contribution in [-0.2, 0) is 5.88 Å². The molecule has 1 aromatic rings. The maximum absolute atomic E-state index is 9.05. The SMILES string of the molecule is Oc1cccc(O)c1CCl. The minimum atomic E-state index is 0.0370. The highest BCUT2D eigenvalue weighted by Crippen LogP contribution is 2.27. The lowest BCUT2D eigenvalue weighted by molar-refractivity contribution is 0.442. The van der Waals surface area contributed by atoms with Gasteiger partial charge in [-0.2, -0.15) is 0 Å². The van der Waals surface area contributed by atoms with E-state index < -0.39 is 0 Å². The molecule has 0 aliphatic heterocycles. The molecule has 0 aliphatic carbocycles. The minimum Gasteiger partial charge on any atom is -0.507 e. The molecule has 3 heteroatoms. The number of rotatable bonds is 1. The van der Waals surface area contributed by atoms with Gasteiger partial charge in [0.2, 0.25) is 0 Å². The average Bonchev–Trinajstić information content (AvgIpc) is 1.88. The van der Waals surface area contributed by atoms with Gasteiger partial charge in [0.1, 0.15) is 11.5 Å². The fourth-order valence-corrected chi connectivity index (χ4v) is 0.974. The topological polar surface area (TPSA) is 40.5 Å². The molecular weight excluding hydrogens is 152 g/mol. The molecule has 1 rings (SSSR count). The Hall–Kier alpha value is -0.890. The molecule has 10 heavy (non-hydrogen) atoms. The zero-order valence-electron chi connectivity index (χ0n) is 5.21. The number of phenols is 2. The molecule has 2 nitrogen and oxygen atoms in total. The minimum absolute atomic E-state index is 0.0370. The van der Waals surface area contributed by atoms with Crippen molar-refractivity contribution < 1.29 is 10.2 Å².